The van der Waals surface area contributed by atoms with Gasteiger partial charge in [-0.3, -0.25) is 0 Å². The molecular formula is C52H104MoN4OS9. The second kappa shape index (κ2) is 69.2. The molecule has 398 valence electrons. The Kier molecular flexibility index (Phi) is 82.2. The molecule has 0 heterocycles. The van der Waals surface area contributed by atoms with Crippen LogP contribution in [0.2, 0.25) is 0 Å². The van der Waals surface area contributed by atoms with Crippen molar-refractivity contribution in [1.29, 1.82) is 0 Å². The van der Waals surface area contributed by atoms with Crippen LogP contribution in [-0.2, 0) is 84.1 Å². The molecule has 0 radical (unpaired) electrons. The van der Waals surface area contributed by atoms with Gasteiger partial charge in [0.25, 0.3) is 0 Å². The van der Waals surface area contributed by atoms with E-state index >= 15 is 0 Å². The van der Waals surface area contributed by atoms with Gasteiger partial charge in [-0.2, -0.15) is 4.21 Å². The molecule has 15 heteroatoms. The fourth-order valence-corrected chi connectivity index (χ4v) is 8.47. The van der Waals surface area contributed by atoms with Crippen molar-refractivity contribution >= 4 is 129 Å². The van der Waals surface area contributed by atoms with Gasteiger partial charge >= 0.3 is 21.1 Å². The van der Waals surface area contributed by atoms with E-state index in [0.717, 1.165) is 52.4 Å². The third-order valence-electron chi connectivity index (χ3n) is 11.3. The summed E-state index contributed by atoms with van der Waals surface area (Å²) in [7, 11) is 0. The first-order chi connectivity index (χ1) is 31.9. The Labute approximate surface area is 482 Å². The minimum Gasteiger partial charge on any atom is -0.411 e. The third kappa shape index (κ3) is 67.1. The molecular weight excluding hydrogens is 1080 g/mol. The van der Waals surface area contributed by atoms with Crippen LogP contribution in [0.5, 0.6) is 0 Å². The normalized spacial score (nSPS) is 9.97. The van der Waals surface area contributed by atoms with Crippen molar-refractivity contribution in [2.45, 2.75) is 261 Å². The van der Waals surface area contributed by atoms with Gasteiger partial charge < -0.3 is 119 Å². The summed E-state index contributed by atoms with van der Waals surface area (Å²) in [6.45, 7) is 26.4. The average Bonchev–Trinajstić information content (AvgIpc) is 3.30. The van der Waals surface area contributed by atoms with Crippen molar-refractivity contribution in [3.05, 3.63) is 0 Å². The van der Waals surface area contributed by atoms with E-state index in [1.807, 2.05) is 0 Å². The summed E-state index contributed by atoms with van der Waals surface area (Å²) in [5.74, 6) is 0. The molecule has 0 bridgehead atoms. The van der Waals surface area contributed by atoms with Gasteiger partial charge in [0, 0.05) is 52.4 Å². The van der Waals surface area contributed by atoms with E-state index in [4.69, 9.17) is 104 Å². The fourth-order valence-electron chi connectivity index (χ4n) is 7.01. The summed E-state index contributed by atoms with van der Waals surface area (Å²) < 4.78 is 10.5. The molecule has 0 spiro atoms. The molecule has 0 amide bonds. The predicted molar refractivity (Wildman–Crippen MR) is 327 cm³/mol. The molecule has 0 N–H and O–H groups in total. The van der Waals surface area contributed by atoms with Crippen LogP contribution in [0.1, 0.15) is 261 Å². The van der Waals surface area contributed by atoms with E-state index < -0.39 is 0 Å². The van der Waals surface area contributed by atoms with Gasteiger partial charge in [0.2, 0.25) is 0 Å². The van der Waals surface area contributed by atoms with Crippen molar-refractivity contribution < 1.29 is 25.3 Å². The maximum atomic E-state index is 7.83. The van der Waals surface area contributed by atoms with E-state index in [-0.39, 0.29) is 21.1 Å². The largest absolute Gasteiger partial charge is 4.00 e. The molecule has 0 aliphatic carbocycles. The van der Waals surface area contributed by atoms with Crippen molar-refractivity contribution in [3.63, 3.8) is 0 Å². The summed E-state index contributed by atoms with van der Waals surface area (Å²) in [4.78, 5) is 8.82. The van der Waals surface area contributed by atoms with Crippen molar-refractivity contribution in [2.75, 3.05) is 52.4 Å². The number of nitrogens with zero attached hydrogens (tertiary/aromatic N) is 4. The van der Waals surface area contributed by atoms with Gasteiger partial charge in [-0.1, -0.05) is 227 Å². The van der Waals surface area contributed by atoms with E-state index in [1.165, 1.54) is 205 Å². The Morgan fingerprint density at radius 3 is 0.433 bits per heavy atom. The Bertz CT molecular complexity index is 823. The minimum absolute atomic E-state index is 0. The summed E-state index contributed by atoms with van der Waals surface area (Å²) in [5.41, 5.74) is 0. The number of unbranched alkanes of at least 4 members (excludes halogenated alkanes) is 24. The molecule has 5 nitrogen and oxygen atoms in total. The second-order valence-electron chi connectivity index (χ2n) is 17.5. The summed E-state index contributed by atoms with van der Waals surface area (Å²) in [6.07, 6.45) is 41.2. The van der Waals surface area contributed by atoms with Crippen LogP contribution < -0.4 is 0 Å². The standard InChI is InChI=1S/4C13H27NS2.Mo.OS/c4*1-3-5-7-9-11-14(13(15)16)12-10-8-6-4-2;;1-2/h4*3-12H2,1-2H3,(H,15,16);;/q;;;;+4;/p-4. The third-order valence-corrected chi connectivity index (χ3v) is 13.4. The van der Waals surface area contributed by atoms with Gasteiger partial charge in [-0.05, 0) is 51.4 Å². The van der Waals surface area contributed by atoms with Crippen LogP contribution in [-0.4, -0.2) is 93.4 Å². The van der Waals surface area contributed by atoms with Gasteiger partial charge in [-0.15, -0.1) is 0 Å². The van der Waals surface area contributed by atoms with E-state index in [1.54, 1.807) is 0 Å². The molecule has 0 aromatic carbocycles. The van der Waals surface area contributed by atoms with Crippen LogP contribution in [0.25, 0.3) is 0 Å². The van der Waals surface area contributed by atoms with Crippen LogP contribution in [0, 0.1) is 0 Å². The molecule has 0 fully saturated rings. The summed E-state index contributed by atoms with van der Waals surface area (Å²) >= 11 is 43.7. The zero-order chi connectivity index (χ0) is 50.9. The van der Waals surface area contributed by atoms with Crippen LogP contribution >= 0.6 is 48.9 Å². The SMILES string of the molecule is CCCCCCN(CCCCCC)C(=S)[S-].CCCCCCN(CCCCCC)C(=S)[S-].CCCCCCN(CCCCCC)C(=S)[S-].CCCCCCN(CCCCCC)C(=S)[S-].O=S.[Mo+4]. The molecule has 0 aromatic rings. The quantitative estimate of drug-likeness (QED) is 0.0253. The van der Waals surface area contributed by atoms with Gasteiger partial charge in [0.05, 0.1) is 0 Å². The Hall–Kier alpha value is 1.15. The zero-order valence-electron chi connectivity index (χ0n) is 44.6. The Morgan fingerprint density at radius 1 is 0.254 bits per heavy atom. The second-order valence-corrected chi connectivity index (χ2v) is 21.6. The summed E-state index contributed by atoms with van der Waals surface area (Å²) in [5, 5.41) is 0. The molecule has 0 saturated carbocycles. The molecule has 0 rings (SSSR count). The van der Waals surface area contributed by atoms with E-state index in [9.17, 15) is 0 Å². The number of thiocarbonyl (C=S) groups is 4. The topological polar surface area (TPSA) is 30.0 Å². The first-order valence-corrected chi connectivity index (χ1v) is 30.5. The number of rotatable bonds is 40. The monoisotopic (exact) mass is 1190 g/mol. The molecule has 0 atom stereocenters. The molecule has 0 unspecified atom stereocenters. The Balaban J connectivity index is -0.000000182. The number of hydrogen-bond donors (Lipinski definition) is 0. The molecule has 0 aliphatic rings. The van der Waals surface area contributed by atoms with Crippen molar-refractivity contribution in [1.82, 2.24) is 19.6 Å². The molecule has 0 aliphatic heterocycles. The average molecular weight is 1190 g/mol. The van der Waals surface area contributed by atoms with Crippen LogP contribution in [0.3, 0.4) is 0 Å². The predicted octanol–water partition coefficient (Wildman–Crippen LogP) is 16.8. The maximum Gasteiger partial charge on any atom is 4.00 e. The first-order valence-electron chi connectivity index (χ1n) is 26.9. The first kappa shape index (κ1) is 79.6. The van der Waals surface area contributed by atoms with Gasteiger partial charge in [-0.25, -0.2) is 0 Å². The number of hydrogen-bond acceptors (Lipinski definition) is 10. The van der Waals surface area contributed by atoms with Crippen LogP contribution in [0.4, 0.5) is 0 Å². The van der Waals surface area contributed by atoms with Gasteiger partial charge in [0.1, 0.15) is 0 Å². The van der Waals surface area contributed by atoms with E-state index in [0.29, 0.717) is 17.3 Å². The fraction of sp³-hybridized carbons (Fsp3) is 0.923. The van der Waals surface area contributed by atoms with E-state index in [2.05, 4.69) is 87.5 Å². The van der Waals surface area contributed by atoms with Crippen molar-refractivity contribution in [3.8, 4) is 0 Å². The minimum atomic E-state index is 0. The smallest absolute Gasteiger partial charge is 0.411 e. The summed E-state index contributed by atoms with van der Waals surface area (Å²) in [6, 6.07) is 0. The Morgan fingerprint density at radius 2 is 0.358 bits per heavy atom. The van der Waals surface area contributed by atoms with Crippen molar-refractivity contribution in [2.24, 2.45) is 0 Å². The molecule has 0 saturated heterocycles. The zero-order valence-corrected chi connectivity index (χ0v) is 53.9. The maximum absolute atomic E-state index is 7.83. The molecule has 67 heavy (non-hydrogen) atoms. The van der Waals surface area contributed by atoms with Gasteiger partial charge in [0.15, 0.2) is 12.5 Å². The molecule has 0 aromatic heterocycles. The van der Waals surface area contributed by atoms with Crippen LogP contribution in [0.15, 0.2) is 0 Å².